The molecule has 1 aliphatic heterocycles. The highest BCUT2D eigenvalue weighted by Crippen LogP contribution is 2.29. The number of pyridine rings is 2. The minimum atomic E-state index is -0.735. The molecule has 33 heavy (non-hydrogen) atoms. The van der Waals surface area contributed by atoms with E-state index in [1.54, 1.807) is 31.2 Å². The Bertz CT molecular complexity index is 1220. The lowest BCUT2D eigenvalue weighted by Gasteiger charge is -2.34. The molecule has 7 nitrogen and oxygen atoms in total. The molecule has 9 heteroatoms. The third kappa shape index (κ3) is 5.23. The Morgan fingerprint density at radius 3 is 2.70 bits per heavy atom. The Morgan fingerprint density at radius 1 is 1.21 bits per heavy atom. The molecule has 0 spiro atoms. The van der Waals surface area contributed by atoms with E-state index in [0.29, 0.717) is 48.7 Å². The first-order chi connectivity index (χ1) is 15.9. The predicted octanol–water partition coefficient (Wildman–Crippen LogP) is 4.24. The van der Waals surface area contributed by atoms with Gasteiger partial charge in [0.2, 0.25) is 0 Å². The van der Waals surface area contributed by atoms with E-state index in [1.165, 1.54) is 12.3 Å². The molecule has 3 heterocycles. The number of aryl methyl sites for hydroxylation is 1. The zero-order valence-corrected chi connectivity index (χ0v) is 17.9. The summed E-state index contributed by atoms with van der Waals surface area (Å²) in [6, 6.07) is 12.0. The van der Waals surface area contributed by atoms with E-state index in [2.05, 4.69) is 15.3 Å². The summed E-state index contributed by atoms with van der Waals surface area (Å²) < 4.78 is 32.7. The van der Waals surface area contributed by atoms with Crippen molar-refractivity contribution in [2.45, 2.75) is 25.9 Å². The maximum Gasteiger partial charge on any atom is 0.274 e. The van der Waals surface area contributed by atoms with Crippen LogP contribution in [0.5, 0.6) is 5.75 Å². The molecule has 3 aromatic rings. The summed E-state index contributed by atoms with van der Waals surface area (Å²) >= 11 is 0. The Morgan fingerprint density at radius 2 is 2.00 bits per heavy atom. The molecule has 4 rings (SSSR count). The zero-order valence-electron chi connectivity index (χ0n) is 17.9. The van der Waals surface area contributed by atoms with Crippen LogP contribution in [0, 0.1) is 29.9 Å². The summed E-state index contributed by atoms with van der Waals surface area (Å²) in [4.78, 5) is 23.3. The van der Waals surface area contributed by atoms with E-state index in [1.807, 2.05) is 11.0 Å². The molecule has 0 unspecified atom stereocenters. The summed E-state index contributed by atoms with van der Waals surface area (Å²) in [5.41, 5.74) is 1.70. The van der Waals surface area contributed by atoms with Crippen molar-refractivity contribution < 1.29 is 18.3 Å². The van der Waals surface area contributed by atoms with Crippen LogP contribution in [0.4, 0.5) is 20.3 Å². The highest BCUT2D eigenvalue weighted by molar-refractivity contribution is 6.04. The third-order valence-corrected chi connectivity index (χ3v) is 5.29. The lowest BCUT2D eigenvalue weighted by Crippen LogP contribution is -2.39. The first-order valence-corrected chi connectivity index (χ1v) is 10.4. The van der Waals surface area contributed by atoms with Crippen LogP contribution in [-0.2, 0) is 0 Å². The number of rotatable bonds is 5. The van der Waals surface area contributed by atoms with Crippen LogP contribution in [0.2, 0.25) is 0 Å². The Labute approximate surface area is 189 Å². The molecule has 1 aromatic carbocycles. The topological polar surface area (TPSA) is 91.1 Å². The number of nitriles is 1. The van der Waals surface area contributed by atoms with Gasteiger partial charge in [0.15, 0.2) is 17.4 Å². The van der Waals surface area contributed by atoms with Gasteiger partial charge in [0.05, 0.1) is 11.3 Å². The largest absolute Gasteiger partial charge is 0.487 e. The average Bonchev–Trinajstić information content (AvgIpc) is 2.81. The Balaban J connectivity index is 1.48. The van der Waals surface area contributed by atoms with Gasteiger partial charge in [-0.25, -0.2) is 18.7 Å². The van der Waals surface area contributed by atoms with Crippen LogP contribution < -0.4 is 15.0 Å². The molecule has 1 N–H and O–H groups in total. The van der Waals surface area contributed by atoms with Crippen molar-refractivity contribution in [3.05, 3.63) is 77.2 Å². The minimum Gasteiger partial charge on any atom is -0.487 e. The van der Waals surface area contributed by atoms with Gasteiger partial charge >= 0.3 is 0 Å². The molecule has 0 aliphatic carbocycles. The summed E-state index contributed by atoms with van der Waals surface area (Å²) in [7, 11) is 0. The fourth-order valence-corrected chi connectivity index (χ4v) is 3.65. The minimum absolute atomic E-state index is 0.0185. The van der Waals surface area contributed by atoms with Crippen molar-refractivity contribution in [2.75, 3.05) is 23.3 Å². The van der Waals surface area contributed by atoms with E-state index in [-0.39, 0.29) is 17.5 Å². The van der Waals surface area contributed by atoms with Gasteiger partial charge in [0, 0.05) is 43.9 Å². The number of ether oxygens (including phenoxy) is 1. The van der Waals surface area contributed by atoms with Crippen LogP contribution in [0.15, 0.2) is 48.7 Å². The molecule has 168 valence electrons. The van der Waals surface area contributed by atoms with Crippen molar-refractivity contribution in [1.29, 1.82) is 5.26 Å². The molecular formula is C24H21F2N5O2. The third-order valence-electron chi connectivity index (χ3n) is 5.29. The van der Waals surface area contributed by atoms with Gasteiger partial charge in [0.25, 0.3) is 5.91 Å². The summed E-state index contributed by atoms with van der Waals surface area (Å²) in [6.45, 7) is 2.87. The number of benzene rings is 1. The van der Waals surface area contributed by atoms with Gasteiger partial charge in [-0.1, -0.05) is 6.07 Å². The van der Waals surface area contributed by atoms with Crippen molar-refractivity contribution in [3.8, 4) is 11.8 Å². The number of halogens is 2. The van der Waals surface area contributed by atoms with E-state index in [9.17, 15) is 18.8 Å². The molecule has 1 amide bonds. The summed E-state index contributed by atoms with van der Waals surface area (Å²) in [5.74, 6) is -1.24. The molecule has 0 bridgehead atoms. The van der Waals surface area contributed by atoms with Gasteiger partial charge in [-0.2, -0.15) is 5.26 Å². The second kappa shape index (κ2) is 9.61. The number of nitrogens with one attached hydrogen (secondary N) is 1. The van der Waals surface area contributed by atoms with Gasteiger partial charge < -0.3 is 15.0 Å². The lowest BCUT2D eigenvalue weighted by molar-refractivity contribution is 0.102. The smallest absolute Gasteiger partial charge is 0.274 e. The number of carbonyl (C=O) groups is 1. The van der Waals surface area contributed by atoms with Crippen LogP contribution in [0.25, 0.3) is 0 Å². The van der Waals surface area contributed by atoms with E-state index in [4.69, 9.17) is 4.74 Å². The normalized spacial score (nSPS) is 13.9. The maximum atomic E-state index is 13.9. The van der Waals surface area contributed by atoms with Crippen LogP contribution >= 0.6 is 0 Å². The average molecular weight is 449 g/mol. The van der Waals surface area contributed by atoms with Gasteiger partial charge in [-0.3, -0.25) is 4.79 Å². The SMILES string of the molecule is Cc1cccc(C(=O)Nc2cc(C#N)cnc2N2CCC(Oc3ccc(F)cc3F)CC2)n1. The molecule has 0 radical (unpaired) electrons. The van der Waals surface area contributed by atoms with Gasteiger partial charge in [-0.05, 0) is 37.3 Å². The zero-order chi connectivity index (χ0) is 23.4. The number of anilines is 2. The highest BCUT2D eigenvalue weighted by Gasteiger charge is 2.25. The second-order valence-corrected chi connectivity index (χ2v) is 7.70. The van der Waals surface area contributed by atoms with Crippen LogP contribution in [0.1, 0.15) is 34.6 Å². The molecule has 1 saturated heterocycles. The Hall–Kier alpha value is -4.06. The van der Waals surface area contributed by atoms with Crippen LogP contribution in [-0.4, -0.2) is 35.1 Å². The number of aromatic nitrogens is 2. The quantitative estimate of drug-likeness (QED) is 0.627. The monoisotopic (exact) mass is 449 g/mol. The molecule has 0 atom stereocenters. The van der Waals surface area contributed by atoms with Crippen molar-refractivity contribution in [3.63, 3.8) is 0 Å². The number of hydrogen-bond donors (Lipinski definition) is 1. The first-order valence-electron chi connectivity index (χ1n) is 10.4. The summed E-state index contributed by atoms with van der Waals surface area (Å²) in [6.07, 6.45) is 2.36. The lowest BCUT2D eigenvalue weighted by atomic mass is 10.1. The number of hydrogen-bond acceptors (Lipinski definition) is 6. The van der Waals surface area contributed by atoms with E-state index >= 15 is 0 Å². The van der Waals surface area contributed by atoms with Crippen molar-refractivity contribution in [1.82, 2.24) is 9.97 Å². The number of amides is 1. The highest BCUT2D eigenvalue weighted by atomic mass is 19.1. The first kappa shape index (κ1) is 22.1. The number of piperidine rings is 1. The van der Waals surface area contributed by atoms with Gasteiger partial charge in [-0.15, -0.1) is 0 Å². The predicted molar refractivity (Wildman–Crippen MR) is 118 cm³/mol. The molecule has 1 fully saturated rings. The number of nitrogens with zero attached hydrogens (tertiary/aromatic N) is 4. The van der Waals surface area contributed by atoms with Crippen molar-refractivity contribution >= 4 is 17.4 Å². The Kier molecular flexibility index (Phi) is 6.45. The van der Waals surface area contributed by atoms with Gasteiger partial charge in [0.1, 0.15) is 23.7 Å². The molecular weight excluding hydrogens is 428 g/mol. The fourth-order valence-electron chi connectivity index (χ4n) is 3.65. The van der Waals surface area contributed by atoms with E-state index in [0.717, 1.165) is 12.1 Å². The maximum absolute atomic E-state index is 13.9. The molecule has 2 aromatic heterocycles. The molecule has 0 saturated carbocycles. The van der Waals surface area contributed by atoms with Crippen LogP contribution in [0.3, 0.4) is 0 Å². The van der Waals surface area contributed by atoms with Crippen molar-refractivity contribution in [2.24, 2.45) is 0 Å². The second-order valence-electron chi connectivity index (χ2n) is 7.70. The standard InChI is InChI=1S/C24H21F2N5O2/c1-15-3-2-4-20(29-15)24(32)30-21-11-16(13-27)14-28-23(21)31-9-7-18(8-10-31)33-22-6-5-17(25)12-19(22)26/h2-6,11-12,14,18H,7-10H2,1H3,(H,30,32). The number of carbonyl (C=O) groups excluding carboxylic acids is 1. The fraction of sp³-hybridized carbons (Fsp3) is 0.250. The van der Waals surface area contributed by atoms with E-state index < -0.39 is 17.5 Å². The molecule has 1 aliphatic rings. The summed E-state index contributed by atoms with van der Waals surface area (Å²) in [5, 5.41) is 12.1.